The van der Waals surface area contributed by atoms with E-state index in [1.54, 1.807) is 29.2 Å². The molecule has 1 saturated carbocycles. The van der Waals surface area contributed by atoms with E-state index in [4.69, 9.17) is 21.7 Å². The molecule has 1 amide bonds. The number of carbonyl (C=O) groups excluding carboxylic acids is 1. The Bertz CT molecular complexity index is 1020. The number of rotatable bonds is 6. The van der Waals surface area contributed by atoms with Crippen molar-refractivity contribution >= 4 is 29.3 Å². The lowest BCUT2D eigenvalue weighted by molar-refractivity contribution is -0.122. The van der Waals surface area contributed by atoms with Gasteiger partial charge in [-0.15, -0.1) is 0 Å². The zero-order chi connectivity index (χ0) is 20.5. The van der Waals surface area contributed by atoms with Crippen LogP contribution in [0.4, 0.5) is 8.78 Å². The van der Waals surface area contributed by atoms with E-state index in [0.29, 0.717) is 22.1 Å². The Morgan fingerprint density at radius 2 is 1.97 bits per heavy atom. The fourth-order valence-corrected chi connectivity index (χ4v) is 3.47. The number of halogens is 2. The summed E-state index contributed by atoms with van der Waals surface area (Å²) in [4.78, 5) is 14.2. The number of nitrogens with one attached hydrogen (secondary N) is 1. The van der Waals surface area contributed by atoms with Crippen molar-refractivity contribution in [1.82, 2.24) is 10.2 Å². The number of thiocarbonyl (C=S) groups is 1. The van der Waals surface area contributed by atoms with Crippen LogP contribution in [-0.2, 0) is 11.4 Å². The van der Waals surface area contributed by atoms with Crippen LogP contribution in [0.5, 0.6) is 11.5 Å². The molecule has 0 bridgehead atoms. The minimum Gasteiger partial charge on any atom is -0.496 e. The van der Waals surface area contributed by atoms with E-state index in [1.165, 1.54) is 13.2 Å². The van der Waals surface area contributed by atoms with Crippen molar-refractivity contribution in [2.75, 3.05) is 7.11 Å². The van der Waals surface area contributed by atoms with Gasteiger partial charge in [-0.05, 0) is 61.0 Å². The van der Waals surface area contributed by atoms with E-state index in [1.807, 2.05) is 0 Å². The van der Waals surface area contributed by atoms with Crippen molar-refractivity contribution < 1.29 is 23.0 Å². The monoisotopic (exact) mass is 416 g/mol. The zero-order valence-corrected chi connectivity index (χ0v) is 16.4. The standard InChI is InChI=1S/C21H18F2N2O3S/c1-27-18-6-2-12(9-17-20(26)25(15-4-5-15)21(29)24-17)8-13(18)11-28-19-7-3-14(22)10-16(19)23/h2-3,6-10,15H,4-5,11H2,1H3,(H,24,29)/b17-9+. The number of benzene rings is 2. The lowest BCUT2D eigenvalue weighted by Crippen LogP contribution is -2.32. The summed E-state index contributed by atoms with van der Waals surface area (Å²) in [6.45, 7) is 0.0106. The molecule has 0 spiro atoms. The number of ether oxygens (including phenoxy) is 2. The molecule has 1 aliphatic heterocycles. The number of carbonyl (C=O) groups is 1. The van der Waals surface area contributed by atoms with Crippen LogP contribution < -0.4 is 14.8 Å². The summed E-state index contributed by atoms with van der Waals surface area (Å²) < 4.78 is 37.7. The first kappa shape index (κ1) is 19.3. The maximum atomic E-state index is 13.8. The van der Waals surface area contributed by atoms with Gasteiger partial charge in [0.1, 0.15) is 23.9 Å². The minimum atomic E-state index is -0.781. The average Bonchev–Trinajstić information content (AvgIpc) is 3.47. The molecule has 1 aliphatic carbocycles. The second kappa shape index (κ2) is 7.79. The summed E-state index contributed by atoms with van der Waals surface area (Å²) in [6.07, 6.45) is 3.63. The molecule has 0 radical (unpaired) electrons. The molecule has 5 nitrogen and oxygen atoms in total. The third kappa shape index (κ3) is 4.07. The van der Waals surface area contributed by atoms with Crippen LogP contribution >= 0.6 is 12.2 Å². The minimum absolute atomic E-state index is 0.0106. The predicted molar refractivity (Wildman–Crippen MR) is 107 cm³/mol. The highest BCUT2D eigenvalue weighted by Gasteiger charge is 2.41. The summed E-state index contributed by atoms with van der Waals surface area (Å²) in [5.74, 6) is -1.10. The molecule has 150 valence electrons. The van der Waals surface area contributed by atoms with Crippen molar-refractivity contribution in [2.45, 2.75) is 25.5 Å². The van der Waals surface area contributed by atoms with Gasteiger partial charge in [0.2, 0.25) is 0 Å². The summed E-state index contributed by atoms with van der Waals surface area (Å²) in [5, 5.41) is 3.39. The Kier molecular flexibility index (Phi) is 5.19. The van der Waals surface area contributed by atoms with Gasteiger partial charge >= 0.3 is 0 Å². The van der Waals surface area contributed by atoms with Crippen LogP contribution in [0.3, 0.4) is 0 Å². The molecule has 2 aromatic rings. The zero-order valence-electron chi connectivity index (χ0n) is 15.6. The van der Waals surface area contributed by atoms with Gasteiger partial charge in [-0.25, -0.2) is 8.78 Å². The van der Waals surface area contributed by atoms with Crippen molar-refractivity contribution in [1.29, 1.82) is 0 Å². The number of amides is 1. The fourth-order valence-electron chi connectivity index (χ4n) is 3.13. The van der Waals surface area contributed by atoms with Crippen LogP contribution in [0.25, 0.3) is 6.08 Å². The number of hydrogen-bond acceptors (Lipinski definition) is 4. The molecule has 1 saturated heterocycles. The molecule has 1 N–H and O–H groups in total. The first-order valence-corrected chi connectivity index (χ1v) is 9.48. The number of methoxy groups -OCH3 is 1. The van der Waals surface area contributed by atoms with Gasteiger partial charge in [0.15, 0.2) is 16.7 Å². The molecular weight excluding hydrogens is 398 g/mol. The van der Waals surface area contributed by atoms with Gasteiger partial charge in [-0.1, -0.05) is 6.07 Å². The highest BCUT2D eigenvalue weighted by atomic mass is 32.1. The molecule has 8 heteroatoms. The van der Waals surface area contributed by atoms with Crippen LogP contribution in [0.1, 0.15) is 24.0 Å². The van der Waals surface area contributed by atoms with Crippen molar-refractivity contribution in [3.05, 3.63) is 64.9 Å². The maximum absolute atomic E-state index is 13.8. The highest BCUT2D eigenvalue weighted by Crippen LogP contribution is 2.31. The normalized spacial score (nSPS) is 17.6. The molecule has 2 aromatic carbocycles. The van der Waals surface area contributed by atoms with Crippen LogP contribution in [0.2, 0.25) is 0 Å². The number of nitrogens with zero attached hydrogens (tertiary/aromatic N) is 1. The Morgan fingerprint density at radius 3 is 2.66 bits per heavy atom. The predicted octanol–water partition coefficient (Wildman–Crippen LogP) is 3.77. The Hall–Kier alpha value is -3.00. The smallest absolute Gasteiger partial charge is 0.276 e. The molecule has 4 rings (SSSR count). The molecule has 2 aliphatic rings. The summed E-state index contributed by atoms with van der Waals surface area (Å²) in [7, 11) is 1.52. The van der Waals surface area contributed by atoms with Gasteiger partial charge in [0.05, 0.1) is 7.11 Å². The quantitative estimate of drug-likeness (QED) is 0.574. The van der Waals surface area contributed by atoms with Gasteiger partial charge in [0.25, 0.3) is 5.91 Å². The van der Waals surface area contributed by atoms with Gasteiger partial charge in [-0.3, -0.25) is 9.69 Å². The van der Waals surface area contributed by atoms with E-state index >= 15 is 0 Å². The topological polar surface area (TPSA) is 50.8 Å². The second-order valence-corrected chi connectivity index (χ2v) is 7.22. The van der Waals surface area contributed by atoms with Crippen molar-refractivity contribution in [3.8, 4) is 11.5 Å². The molecule has 0 unspecified atom stereocenters. The Balaban J connectivity index is 1.55. The molecule has 1 heterocycles. The molecule has 29 heavy (non-hydrogen) atoms. The highest BCUT2D eigenvalue weighted by molar-refractivity contribution is 7.80. The Morgan fingerprint density at radius 1 is 1.21 bits per heavy atom. The fraction of sp³-hybridized carbons (Fsp3) is 0.238. The van der Waals surface area contributed by atoms with E-state index in [2.05, 4.69) is 5.32 Å². The number of hydrogen-bond donors (Lipinski definition) is 1. The summed E-state index contributed by atoms with van der Waals surface area (Å²) in [5.41, 5.74) is 1.79. The average molecular weight is 416 g/mol. The van der Waals surface area contributed by atoms with Crippen LogP contribution in [0, 0.1) is 11.6 Å². The molecule has 2 fully saturated rings. The van der Waals surface area contributed by atoms with E-state index in [0.717, 1.165) is 30.5 Å². The lowest BCUT2D eigenvalue weighted by Gasteiger charge is -2.12. The van der Waals surface area contributed by atoms with E-state index in [9.17, 15) is 13.6 Å². The summed E-state index contributed by atoms with van der Waals surface area (Å²) >= 11 is 5.26. The first-order valence-electron chi connectivity index (χ1n) is 9.07. The van der Waals surface area contributed by atoms with Crippen LogP contribution in [0.15, 0.2) is 42.1 Å². The third-order valence-electron chi connectivity index (χ3n) is 4.71. The van der Waals surface area contributed by atoms with Gasteiger partial charge < -0.3 is 14.8 Å². The third-order valence-corrected chi connectivity index (χ3v) is 5.01. The van der Waals surface area contributed by atoms with Gasteiger partial charge in [-0.2, -0.15) is 0 Å². The lowest BCUT2D eigenvalue weighted by atomic mass is 10.1. The van der Waals surface area contributed by atoms with Gasteiger partial charge in [0, 0.05) is 17.7 Å². The van der Waals surface area contributed by atoms with E-state index < -0.39 is 11.6 Å². The van der Waals surface area contributed by atoms with Crippen molar-refractivity contribution in [2.24, 2.45) is 0 Å². The molecular formula is C21H18F2N2O3S. The van der Waals surface area contributed by atoms with Crippen molar-refractivity contribution in [3.63, 3.8) is 0 Å². The first-order chi connectivity index (χ1) is 14.0. The van der Waals surface area contributed by atoms with E-state index in [-0.39, 0.29) is 24.3 Å². The summed E-state index contributed by atoms with van der Waals surface area (Å²) in [6, 6.07) is 8.64. The molecule has 0 atom stereocenters. The molecule has 0 aromatic heterocycles. The largest absolute Gasteiger partial charge is 0.496 e. The van der Waals surface area contributed by atoms with Crippen LogP contribution in [-0.4, -0.2) is 29.1 Å². The Labute approximate surface area is 171 Å². The second-order valence-electron chi connectivity index (χ2n) is 6.83. The SMILES string of the molecule is COc1ccc(/C=C2/NC(=S)N(C3CC3)C2=O)cc1COc1ccc(F)cc1F. The maximum Gasteiger partial charge on any atom is 0.276 e.